The largest absolute Gasteiger partial charge is 0.493 e. The number of methoxy groups -OCH3 is 1. The molecule has 0 spiro atoms. The molecule has 4 rings (SSSR count). The van der Waals surface area contributed by atoms with Gasteiger partial charge in [-0.2, -0.15) is 0 Å². The number of benzene rings is 3. The van der Waals surface area contributed by atoms with Crippen LogP contribution in [0.4, 0.5) is 5.69 Å². The van der Waals surface area contributed by atoms with Gasteiger partial charge in [0.05, 0.1) is 23.1 Å². The zero-order chi connectivity index (χ0) is 25.7. The predicted molar refractivity (Wildman–Crippen MR) is 131 cm³/mol. The smallest absolute Gasteiger partial charge is 0.294 e. The van der Waals surface area contributed by atoms with Gasteiger partial charge in [-0.3, -0.25) is 10.1 Å². The number of para-hydroxylation sites is 2. The fraction of sp³-hybridized carbons (Fsp3) is 0.167. The molecule has 0 aliphatic heterocycles. The highest BCUT2D eigenvalue weighted by Crippen LogP contribution is 2.29. The van der Waals surface area contributed by atoms with E-state index in [0.29, 0.717) is 22.8 Å². The van der Waals surface area contributed by atoms with Crippen molar-refractivity contribution >= 4 is 15.7 Å². The Morgan fingerprint density at radius 2 is 1.81 bits per heavy atom. The van der Waals surface area contributed by atoms with E-state index in [1.165, 1.54) is 17.9 Å². The number of aromatic nitrogens is 3. The first-order valence-corrected chi connectivity index (χ1v) is 12.3. The number of hydrogen-bond donors (Lipinski definition) is 1. The van der Waals surface area contributed by atoms with E-state index in [2.05, 4.69) is 15.0 Å². The van der Waals surface area contributed by atoms with Gasteiger partial charge in [-0.05, 0) is 42.8 Å². The van der Waals surface area contributed by atoms with Crippen molar-refractivity contribution in [3.63, 3.8) is 0 Å². The van der Waals surface area contributed by atoms with Gasteiger partial charge in [0.25, 0.3) is 5.69 Å². The van der Waals surface area contributed by atoms with E-state index in [9.17, 15) is 18.5 Å². The van der Waals surface area contributed by atoms with Gasteiger partial charge in [0, 0.05) is 12.6 Å². The summed E-state index contributed by atoms with van der Waals surface area (Å²) in [6.45, 7) is 1.99. The molecule has 1 N–H and O–H groups in total. The van der Waals surface area contributed by atoms with Crippen LogP contribution in [0.5, 0.6) is 11.5 Å². The van der Waals surface area contributed by atoms with Crippen LogP contribution in [0.1, 0.15) is 16.8 Å². The van der Waals surface area contributed by atoms with Crippen LogP contribution in [-0.4, -0.2) is 35.4 Å². The summed E-state index contributed by atoms with van der Waals surface area (Å²) in [5.41, 5.74) is 2.29. The van der Waals surface area contributed by atoms with E-state index in [1.807, 2.05) is 6.92 Å². The number of rotatable bonds is 10. The molecule has 12 heteroatoms. The van der Waals surface area contributed by atoms with Crippen molar-refractivity contribution in [3.05, 3.63) is 99.9 Å². The maximum absolute atomic E-state index is 12.5. The Morgan fingerprint density at radius 1 is 1.06 bits per heavy atom. The predicted octanol–water partition coefficient (Wildman–Crippen LogP) is 3.55. The van der Waals surface area contributed by atoms with Gasteiger partial charge in [-0.15, -0.1) is 5.10 Å². The zero-order valence-corrected chi connectivity index (χ0v) is 20.3. The Balaban J connectivity index is 1.42. The van der Waals surface area contributed by atoms with Gasteiger partial charge in [0.15, 0.2) is 11.5 Å². The molecular weight excluding hydrogens is 486 g/mol. The van der Waals surface area contributed by atoms with Gasteiger partial charge in [-0.25, -0.2) is 17.8 Å². The highest BCUT2D eigenvalue weighted by Gasteiger charge is 2.17. The molecule has 3 aromatic carbocycles. The van der Waals surface area contributed by atoms with Crippen LogP contribution >= 0.6 is 0 Å². The summed E-state index contributed by atoms with van der Waals surface area (Å²) in [7, 11) is -2.18. The third kappa shape index (κ3) is 5.67. The molecule has 36 heavy (non-hydrogen) atoms. The summed E-state index contributed by atoms with van der Waals surface area (Å²) < 4.78 is 40.2. The Morgan fingerprint density at radius 3 is 2.53 bits per heavy atom. The number of nitrogens with zero attached hydrogens (tertiary/aromatic N) is 4. The van der Waals surface area contributed by atoms with E-state index in [0.717, 1.165) is 5.56 Å². The lowest BCUT2D eigenvalue weighted by Gasteiger charge is -2.12. The highest BCUT2D eigenvalue weighted by molar-refractivity contribution is 7.89. The third-order valence-corrected chi connectivity index (χ3v) is 6.68. The van der Waals surface area contributed by atoms with E-state index >= 15 is 0 Å². The van der Waals surface area contributed by atoms with Gasteiger partial charge in [0.2, 0.25) is 10.0 Å². The van der Waals surface area contributed by atoms with Crippen LogP contribution < -0.4 is 14.2 Å². The summed E-state index contributed by atoms with van der Waals surface area (Å²) >= 11 is 0. The topological polar surface area (TPSA) is 138 Å². The molecule has 0 aliphatic rings. The normalized spacial score (nSPS) is 11.3. The molecule has 0 saturated carbocycles. The quantitative estimate of drug-likeness (QED) is 0.253. The van der Waals surface area contributed by atoms with Crippen LogP contribution in [0.25, 0.3) is 5.69 Å². The summed E-state index contributed by atoms with van der Waals surface area (Å²) in [4.78, 5) is 11.0. The Kier molecular flexibility index (Phi) is 7.27. The molecule has 0 bridgehead atoms. The minimum atomic E-state index is -3.66. The fourth-order valence-electron chi connectivity index (χ4n) is 3.37. The Labute approximate surface area is 207 Å². The molecule has 1 aromatic heterocycles. The second kappa shape index (κ2) is 10.5. The molecule has 1 heterocycles. The first-order valence-electron chi connectivity index (χ1n) is 10.8. The van der Waals surface area contributed by atoms with Crippen LogP contribution in [0.2, 0.25) is 0 Å². The van der Waals surface area contributed by atoms with Crippen molar-refractivity contribution in [2.45, 2.75) is 25.0 Å². The molecule has 0 saturated heterocycles. The maximum Gasteiger partial charge on any atom is 0.294 e. The average Bonchev–Trinajstić information content (AvgIpc) is 3.35. The molecule has 11 nitrogen and oxygen atoms in total. The zero-order valence-electron chi connectivity index (χ0n) is 19.5. The number of ether oxygens (including phenoxy) is 2. The van der Waals surface area contributed by atoms with E-state index in [4.69, 9.17) is 9.47 Å². The molecule has 0 fully saturated rings. The number of sulfonamides is 1. The van der Waals surface area contributed by atoms with E-state index in [-0.39, 0.29) is 29.4 Å². The van der Waals surface area contributed by atoms with Crippen molar-refractivity contribution < 1.29 is 22.8 Å². The lowest BCUT2D eigenvalue weighted by molar-refractivity contribution is -0.384. The van der Waals surface area contributed by atoms with Gasteiger partial charge in [-0.1, -0.05) is 41.1 Å². The first kappa shape index (κ1) is 24.8. The highest BCUT2D eigenvalue weighted by atomic mass is 32.2. The molecular formula is C24H23N5O6S. The number of hydrogen-bond acceptors (Lipinski definition) is 8. The van der Waals surface area contributed by atoms with Crippen LogP contribution in [0.3, 0.4) is 0 Å². The molecule has 0 radical (unpaired) electrons. The number of nitro groups is 1. The number of aryl methyl sites for hydroxylation is 1. The summed E-state index contributed by atoms with van der Waals surface area (Å²) in [5, 5.41) is 19.2. The van der Waals surface area contributed by atoms with Crippen molar-refractivity contribution in [2.75, 3.05) is 7.11 Å². The second-order valence-electron chi connectivity index (χ2n) is 7.81. The van der Waals surface area contributed by atoms with E-state index in [1.54, 1.807) is 66.9 Å². The van der Waals surface area contributed by atoms with Gasteiger partial charge >= 0.3 is 0 Å². The summed E-state index contributed by atoms with van der Waals surface area (Å²) in [6, 6.07) is 17.9. The average molecular weight is 510 g/mol. The van der Waals surface area contributed by atoms with Crippen LogP contribution in [-0.2, 0) is 23.2 Å². The number of nitro benzene ring substituents is 1. The third-order valence-electron chi connectivity index (χ3n) is 5.27. The lowest BCUT2D eigenvalue weighted by atomic mass is 10.2. The number of nitrogens with one attached hydrogen (secondary N) is 1. The molecule has 0 aliphatic carbocycles. The van der Waals surface area contributed by atoms with Gasteiger partial charge in [0.1, 0.15) is 18.0 Å². The monoisotopic (exact) mass is 509 g/mol. The molecule has 4 aromatic rings. The standard InChI is InChI=1S/C24H23N5O6S/c1-17-7-10-20(11-8-17)36(32,33)25-14-18-9-12-23(24(13-18)34-2)35-16-19-15-28(27-26-19)21-5-3-4-6-22(21)29(30)31/h3-13,15,25H,14,16H2,1-2H3. The minimum Gasteiger partial charge on any atom is -0.493 e. The first-order chi connectivity index (χ1) is 17.3. The molecule has 0 unspecified atom stereocenters. The van der Waals surface area contributed by atoms with Crippen molar-refractivity contribution in [1.29, 1.82) is 0 Å². The lowest BCUT2D eigenvalue weighted by Crippen LogP contribution is -2.23. The van der Waals surface area contributed by atoms with E-state index < -0.39 is 14.9 Å². The van der Waals surface area contributed by atoms with Crippen molar-refractivity contribution in [2.24, 2.45) is 0 Å². The summed E-state index contributed by atoms with van der Waals surface area (Å²) in [6.07, 6.45) is 1.54. The van der Waals surface area contributed by atoms with Crippen molar-refractivity contribution in [3.8, 4) is 17.2 Å². The SMILES string of the molecule is COc1cc(CNS(=O)(=O)c2ccc(C)cc2)ccc1OCc1cn(-c2ccccc2[N+](=O)[O-])nn1. The Hall–Kier alpha value is -4.29. The maximum atomic E-state index is 12.5. The van der Waals surface area contributed by atoms with Crippen LogP contribution in [0, 0.1) is 17.0 Å². The van der Waals surface area contributed by atoms with Gasteiger partial charge < -0.3 is 9.47 Å². The van der Waals surface area contributed by atoms with Crippen molar-refractivity contribution in [1.82, 2.24) is 19.7 Å². The Bertz CT molecular complexity index is 1490. The molecule has 0 atom stereocenters. The fourth-order valence-corrected chi connectivity index (χ4v) is 4.38. The minimum absolute atomic E-state index is 0.0381. The second-order valence-corrected chi connectivity index (χ2v) is 9.58. The molecule has 0 amide bonds. The van der Waals surface area contributed by atoms with Crippen LogP contribution in [0.15, 0.2) is 77.8 Å². The molecule has 186 valence electrons. The summed E-state index contributed by atoms with van der Waals surface area (Å²) in [5.74, 6) is 0.830.